The number of alkyl halides is 3. The molecule has 3 heteroatoms. The fourth-order valence-electron chi connectivity index (χ4n) is 1.22. The molecular weight excluding hydrogens is 189 g/mol. The van der Waals surface area contributed by atoms with Gasteiger partial charge < -0.3 is 0 Å². The van der Waals surface area contributed by atoms with E-state index in [0.717, 1.165) is 6.07 Å². The second kappa shape index (κ2) is 4.31. The van der Waals surface area contributed by atoms with Crippen molar-refractivity contribution in [3.8, 4) is 0 Å². The number of hydrogen-bond acceptors (Lipinski definition) is 0. The molecule has 1 rings (SSSR count). The van der Waals surface area contributed by atoms with Crippen molar-refractivity contribution in [1.82, 2.24) is 0 Å². The Morgan fingerprint density at radius 2 is 1.86 bits per heavy atom. The summed E-state index contributed by atoms with van der Waals surface area (Å²) in [5, 5.41) is 0. The molecule has 0 fully saturated rings. The van der Waals surface area contributed by atoms with E-state index >= 15 is 0 Å². The van der Waals surface area contributed by atoms with Crippen LogP contribution >= 0.6 is 0 Å². The largest absolute Gasteiger partial charge is 0.416 e. The van der Waals surface area contributed by atoms with Gasteiger partial charge in [-0.1, -0.05) is 30.4 Å². The smallest absolute Gasteiger partial charge is 0.166 e. The highest BCUT2D eigenvalue weighted by Crippen LogP contribution is 2.31. The zero-order valence-corrected chi connectivity index (χ0v) is 7.81. The van der Waals surface area contributed by atoms with Gasteiger partial charge in [-0.15, -0.1) is 0 Å². The van der Waals surface area contributed by atoms with Gasteiger partial charge in [0.25, 0.3) is 0 Å². The molecule has 1 aromatic rings. The fourth-order valence-corrected chi connectivity index (χ4v) is 1.22. The summed E-state index contributed by atoms with van der Waals surface area (Å²) in [6.45, 7) is 1.79. The minimum atomic E-state index is -4.25. The molecule has 0 aliphatic heterocycles. The van der Waals surface area contributed by atoms with Crippen molar-refractivity contribution in [1.29, 1.82) is 0 Å². The van der Waals surface area contributed by atoms with Gasteiger partial charge in [0.1, 0.15) is 0 Å². The first-order valence-electron chi connectivity index (χ1n) is 4.32. The van der Waals surface area contributed by atoms with E-state index in [0.29, 0.717) is 12.0 Å². The lowest BCUT2D eigenvalue weighted by atomic mass is 10.0. The highest BCUT2D eigenvalue weighted by Gasteiger charge is 2.32. The predicted octanol–water partition coefficient (Wildman–Crippen LogP) is 3.82. The Labute approximate surface area is 81.1 Å². The molecule has 0 bridgehead atoms. The first kappa shape index (κ1) is 10.8. The van der Waals surface area contributed by atoms with Crippen LogP contribution in [-0.2, 0) is 12.6 Å². The summed E-state index contributed by atoms with van der Waals surface area (Å²) < 4.78 is 37.4. The van der Waals surface area contributed by atoms with Gasteiger partial charge in [0, 0.05) is 0 Å². The van der Waals surface area contributed by atoms with Crippen LogP contribution in [0.5, 0.6) is 0 Å². The second-order valence-electron chi connectivity index (χ2n) is 2.93. The zero-order valence-electron chi connectivity index (χ0n) is 7.81. The van der Waals surface area contributed by atoms with E-state index in [1.807, 2.05) is 0 Å². The lowest BCUT2D eigenvalue weighted by Crippen LogP contribution is -2.08. The number of allylic oxidation sites excluding steroid dienone is 2. The molecule has 0 aliphatic rings. The molecule has 76 valence electrons. The van der Waals surface area contributed by atoms with Crippen molar-refractivity contribution in [2.75, 3.05) is 0 Å². The lowest BCUT2D eigenvalue weighted by Gasteiger charge is -2.10. The van der Waals surface area contributed by atoms with E-state index in [1.54, 1.807) is 25.1 Å². The van der Waals surface area contributed by atoms with Gasteiger partial charge in [-0.25, -0.2) is 0 Å². The van der Waals surface area contributed by atoms with Gasteiger partial charge in [-0.2, -0.15) is 13.2 Å². The van der Waals surface area contributed by atoms with Gasteiger partial charge in [0.15, 0.2) is 0 Å². The standard InChI is InChI=1S/C11H11F3/c1-2-3-6-9-7-4-5-8-10(9)11(12,13)14/h2-5,7-8H,6H2,1H3/b3-2+. The Bertz CT molecular complexity index is 324. The van der Waals surface area contributed by atoms with E-state index in [2.05, 4.69) is 0 Å². The molecule has 0 aliphatic carbocycles. The van der Waals surface area contributed by atoms with Crippen molar-refractivity contribution < 1.29 is 13.2 Å². The first-order chi connectivity index (χ1) is 6.55. The molecule has 0 saturated heterocycles. The van der Waals surface area contributed by atoms with Gasteiger partial charge in [0.2, 0.25) is 0 Å². The summed E-state index contributed by atoms with van der Waals surface area (Å²) in [5.41, 5.74) is -0.226. The molecule has 0 saturated carbocycles. The number of hydrogen-bond donors (Lipinski definition) is 0. The van der Waals surface area contributed by atoms with Crippen molar-refractivity contribution >= 4 is 0 Å². The van der Waals surface area contributed by atoms with E-state index in [-0.39, 0.29) is 0 Å². The fraction of sp³-hybridized carbons (Fsp3) is 0.273. The maximum Gasteiger partial charge on any atom is 0.416 e. The van der Waals surface area contributed by atoms with E-state index in [4.69, 9.17) is 0 Å². The monoisotopic (exact) mass is 200 g/mol. The van der Waals surface area contributed by atoms with Crippen molar-refractivity contribution in [2.24, 2.45) is 0 Å². The van der Waals surface area contributed by atoms with E-state index in [9.17, 15) is 13.2 Å². The summed E-state index contributed by atoms with van der Waals surface area (Å²) in [7, 11) is 0. The van der Waals surface area contributed by atoms with Crippen LogP contribution in [0.15, 0.2) is 36.4 Å². The van der Waals surface area contributed by atoms with Crippen LogP contribution in [0.3, 0.4) is 0 Å². The van der Waals surface area contributed by atoms with E-state index < -0.39 is 11.7 Å². The number of halogens is 3. The van der Waals surface area contributed by atoms with Crippen LogP contribution in [-0.4, -0.2) is 0 Å². The van der Waals surface area contributed by atoms with Gasteiger partial charge in [0.05, 0.1) is 5.56 Å². The highest BCUT2D eigenvalue weighted by atomic mass is 19.4. The molecule has 14 heavy (non-hydrogen) atoms. The lowest BCUT2D eigenvalue weighted by molar-refractivity contribution is -0.138. The predicted molar refractivity (Wildman–Crippen MR) is 50.0 cm³/mol. The van der Waals surface area contributed by atoms with E-state index in [1.165, 1.54) is 12.1 Å². The molecule has 0 aromatic heterocycles. The van der Waals surface area contributed by atoms with Crippen molar-refractivity contribution in [2.45, 2.75) is 19.5 Å². The summed E-state index contributed by atoms with van der Waals surface area (Å²) in [5.74, 6) is 0. The summed E-state index contributed by atoms with van der Waals surface area (Å²) >= 11 is 0. The quantitative estimate of drug-likeness (QED) is 0.636. The molecule has 0 unspecified atom stereocenters. The SMILES string of the molecule is C/C=C/Cc1ccccc1C(F)(F)F. The summed E-state index contributed by atoms with van der Waals surface area (Å²) in [6, 6.07) is 5.64. The van der Waals surface area contributed by atoms with Crippen LogP contribution in [0.25, 0.3) is 0 Å². The molecule has 0 radical (unpaired) electrons. The Kier molecular flexibility index (Phi) is 3.33. The average molecular weight is 200 g/mol. The Hall–Kier alpha value is -1.25. The summed E-state index contributed by atoms with van der Waals surface area (Å²) in [4.78, 5) is 0. The third-order valence-corrected chi connectivity index (χ3v) is 1.90. The minimum Gasteiger partial charge on any atom is -0.166 e. The van der Waals surface area contributed by atoms with Crippen LogP contribution < -0.4 is 0 Å². The maximum absolute atomic E-state index is 12.5. The first-order valence-corrected chi connectivity index (χ1v) is 4.32. The van der Waals surface area contributed by atoms with Gasteiger partial charge in [-0.3, -0.25) is 0 Å². The molecule has 0 spiro atoms. The molecule has 0 atom stereocenters. The Morgan fingerprint density at radius 3 is 2.43 bits per heavy atom. The van der Waals surface area contributed by atoms with Crippen LogP contribution in [0, 0.1) is 0 Å². The van der Waals surface area contributed by atoms with Crippen LogP contribution in [0.1, 0.15) is 18.1 Å². The van der Waals surface area contributed by atoms with Crippen molar-refractivity contribution in [3.05, 3.63) is 47.5 Å². The topological polar surface area (TPSA) is 0 Å². The van der Waals surface area contributed by atoms with Gasteiger partial charge in [-0.05, 0) is 25.0 Å². The second-order valence-corrected chi connectivity index (χ2v) is 2.93. The van der Waals surface area contributed by atoms with Gasteiger partial charge >= 0.3 is 6.18 Å². The molecule has 0 nitrogen and oxygen atoms in total. The minimum absolute atomic E-state index is 0.318. The van der Waals surface area contributed by atoms with Crippen molar-refractivity contribution in [3.63, 3.8) is 0 Å². The Morgan fingerprint density at radius 1 is 1.21 bits per heavy atom. The van der Waals surface area contributed by atoms with Crippen LogP contribution in [0.2, 0.25) is 0 Å². The maximum atomic E-state index is 12.5. The third kappa shape index (κ3) is 2.62. The molecule has 1 aromatic carbocycles. The van der Waals surface area contributed by atoms with Crippen LogP contribution in [0.4, 0.5) is 13.2 Å². The average Bonchev–Trinajstić information content (AvgIpc) is 2.14. The zero-order chi connectivity index (χ0) is 10.6. The molecular formula is C11H11F3. The number of rotatable bonds is 2. The molecule has 0 N–H and O–H groups in total. The Balaban J connectivity index is 3.03. The third-order valence-electron chi connectivity index (χ3n) is 1.90. The summed E-state index contributed by atoms with van der Waals surface area (Å²) in [6.07, 6.45) is -0.470. The molecule has 0 heterocycles. The molecule has 0 amide bonds. The highest BCUT2D eigenvalue weighted by molar-refractivity contribution is 5.31. The number of benzene rings is 1. The normalized spacial score (nSPS) is 12.3.